The van der Waals surface area contributed by atoms with Crippen molar-refractivity contribution in [2.45, 2.75) is 83.0 Å². The van der Waals surface area contributed by atoms with E-state index < -0.39 is 23.7 Å². The van der Waals surface area contributed by atoms with Gasteiger partial charge in [-0.3, -0.25) is 4.79 Å². The molecule has 1 atom stereocenters. The number of hydrogen-bond donors (Lipinski definition) is 1. The minimum absolute atomic E-state index is 0.0329. The zero-order valence-corrected chi connectivity index (χ0v) is 18.5. The quantitative estimate of drug-likeness (QED) is 0.368. The number of ether oxygens (including phenoxy) is 2. The second-order valence-electron chi connectivity index (χ2n) is 8.66. The highest BCUT2D eigenvalue weighted by Crippen LogP contribution is 2.47. The lowest BCUT2D eigenvalue weighted by Crippen LogP contribution is -2.52. The molecule has 1 N–H and O–H groups in total. The van der Waals surface area contributed by atoms with E-state index >= 15 is 0 Å². The number of hydrogen-bond acceptors (Lipinski definition) is 4. The van der Waals surface area contributed by atoms with Crippen molar-refractivity contribution in [1.82, 2.24) is 10.2 Å². The van der Waals surface area contributed by atoms with E-state index in [4.69, 9.17) is 0 Å². The summed E-state index contributed by atoms with van der Waals surface area (Å²) in [7, 11) is 0. The third-order valence-electron chi connectivity index (χ3n) is 5.86. The molecule has 0 aromatic heterocycles. The molecule has 32 heavy (non-hydrogen) atoms. The molecular weight excluding hydrogens is 428 g/mol. The lowest BCUT2D eigenvalue weighted by molar-refractivity contribution is -0.391. The van der Waals surface area contributed by atoms with Gasteiger partial charge in [0.2, 0.25) is 5.91 Å². The minimum Gasteiger partial charge on any atom is -0.421 e. The predicted octanol–water partition coefficient (Wildman–Crippen LogP) is 5.13. The van der Waals surface area contributed by atoms with E-state index in [1.807, 2.05) is 0 Å². The number of fused-ring (bicyclic) bond motifs is 1. The molecule has 0 radical (unpaired) electrons. The SMILES string of the molecule is CCCCCCCC(=O)NC(Cc1ccc2c(c1)OC(F)(F)C(F)(F)O2)CN1CCCC1. The standard InChI is InChI=1S/C23H32F4N2O3/c1-2-3-4-5-6-9-21(30)28-18(16-29-12-7-8-13-29)14-17-10-11-19-20(15-17)32-23(26,27)22(24,25)31-19/h10-11,15,18H,2-9,12-14,16H2,1H3,(H,28,30). The van der Waals surface area contributed by atoms with Gasteiger partial charge in [0, 0.05) is 19.0 Å². The van der Waals surface area contributed by atoms with Crippen molar-refractivity contribution in [2.75, 3.05) is 19.6 Å². The van der Waals surface area contributed by atoms with Crippen LogP contribution in [0, 0.1) is 0 Å². The highest BCUT2D eigenvalue weighted by Gasteiger charge is 2.65. The van der Waals surface area contributed by atoms with E-state index in [9.17, 15) is 22.4 Å². The molecule has 2 aliphatic rings. The molecule has 0 saturated carbocycles. The van der Waals surface area contributed by atoms with Gasteiger partial charge in [0.25, 0.3) is 0 Å². The predicted molar refractivity (Wildman–Crippen MR) is 112 cm³/mol. The van der Waals surface area contributed by atoms with Gasteiger partial charge >= 0.3 is 12.2 Å². The first-order valence-corrected chi connectivity index (χ1v) is 11.5. The molecule has 9 heteroatoms. The molecule has 0 spiro atoms. The van der Waals surface area contributed by atoms with E-state index in [2.05, 4.69) is 26.6 Å². The van der Waals surface area contributed by atoms with Crippen LogP contribution >= 0.6 is 0 Å². The maximum atomic E-state index is 13.5. The Hall–Kier alpha value is -2.03. The van der Waals surface area contributed by atoms with Crippen molar-refractivity contribution < 1.29 is 31.8 Å². The van der Waals surface area contributed by atoms with Crippen molar-refractivity contribution in [3.63, 3.8) is 0 Å². The van der Waals surface area contributed by atoms with Crippen molar-refractivity contribution in [3.8, 4) is 11.5 Å². The van der Waals surface area contributed by atoms with Gasteiger partial charge in [-0.15, -0.1) is 0 Å². The van der Waals surface area contributed by atoms with Gasteiger partial charge in [0.15, 0.2) is 11.5 Å². The summed E-state index contributed by atoms with van der Waals surface area (Å²) in [6.45, 7) is 4.68. The van der Waals surface area contributed by atoms with Crippen LogP contribution < -0.4 is 14.8 Å². The molecule has 180 valence electrons. The fourth-order valence-corrected chi connectivity index (χ4v) is 4.15. The van der Waals surface area contributed by atoms with E-state index in [-0.39, 0.29) is 11.9 Å². The Balaban J connectivity index is 1.63. The first-order valence-electron chi connectivity index (χ1n) is 11.5. The molecule has 0 aliphatic carbocycles. The Labute approximate surface area is 186 Å². The normalized spacial score (nSPS) is 20.2. The number of amides is 1. The number of carbonyl (C=O) groups excluding carboxylic acids is 1. The molecule has 1 saturated heterocycles. The van der Waals surface area contributed by atoms with E-state index in [0.717, 1.165) is 58.0 Å². The summed E-state index contributed by atoms with van der Waals surface area (Å²) in [5, 5.41) is 3.07. The lowest BCUT2D eigenvalue weighted by Gasteiger charge is -2.32. The first kappa shape index (κ1) is 24.6. The maximum Gasteiger partial charge on any atom is 0.507 e. The van der Waals surface area contributed by atoms with Crippen LogP contribution in [0.3, 0.4) is 0 Å². The number of halogens is 4. The van der Waals surface area contributed by atoms with E-state index in [0.29, 0.717) is 24.9 Å². The van der Waals surface area contributed by atoms with Crippen molar-refractivity contribution in [1.29, 1.82) is 0 Å². The topological polar surface area (TPSA) is 50.8 Å². The lowest BCUT2D eigenvalue weighted by atomic mass is 10.0. The summed E-state index contributed by atoms with van der Waals surface area (Å²) in [5.74, 6) is -0.896. The third kappa shape index (κ3) is 6.49. The molecule has 1 aromatic rings. The second-order valence-corrected chi connectivity index (χ2v) is 8.66. The summed E-state index contributed by atoms with van der Waals surface area (Å²) in [4.78, 5) is 14.7. The number of carbonyl (C=O) groups is 1. The molecule has 1 fully saturated rings. The summed E-state index contributed by atoms with van der Waals surface area (Å²) in [6.07, 6.45) is -1.20. The highest BCUT2D eigenvalue weighted by atomic mass is 19.3. The fraction of sp³-hybridized carbons (Fsp3) is 0.696. The van der Waals surface area contributed by atoms with Crippen LogP contribution in [0.5, 0.6) is 11.5 Å². The van der Waals surface area contributed by atoms with Gasteiger partial charge in [-0.25, -0.2) is 0 Å². The van der Waals surface area contributed by atoms with Crippen LogP contribution in [0.2, 0.25) is 0 Å². The Morgan fingerprint density at radius 2 is 1.69 bits per heavy atom. The number of unbranched alkanes of at least 4 members (excludes halogenated alkanes) is 4. The van der Waals surface area contributed by atoms with Gasteiger partial charge in [-0.1, -0.05) is 38.7 Å². The van der Waals surface area contributed by atoms with E-state index in [1.165, 1.54) is 18.2 Å². The van der Waals surface area contributed by atoms with Gasteiger partial charge in [0.05, 0.1) is 0 Å². The Bertz CT molecular complexity index is 770. The monoisotopic (exact) mass is 460 g/mol. The van der Waals surface area contributed by atoms with Crippen molar-refractivity contribution >= 4 is 5.91 Å². The fourth-order valence-electron chi connectivity index (χ4n) is 4.15. The van der Waals surface area contributed by atoms with Gasteiger partial charge in [-0.2, -0.15) is 17.6 Å². The average Bonchev–Trinajstić information content (AvgIpc) is 3.21. The smallest absolute Gasteiger partial charge is 0.421 e. The first-order chi connectivity index (χ1) is 15.2. The van der Waals surface area contributed by atoms with Crippen LogP contribution in [0.4, 0.5) is 17.6 Å². The van der Waals surface area contributed by atoms with Gasteiger partial charge in [-0.05, 0) is 56.5 Å². The molecule has 3 rings (SSSR count). The second kappa shape index (κ2) is 10.7. The van der Waals surface area contributed by atoms with Crippen LogP contribution in [0.15, 0.2) is 18.2 Å². The number of nitrogens with one attached hydrogen (secondary N) is 1. The Kier molecular flexibility index (Phi) is 8.25. The molecule has 2 heterocycles. The van der Waals surface area contributed by atoms with Crippen LogP contribution in [0.25, 0.3) is 0 Å². The molecule has 2 aliphatic heterocycles. The number of likely N-dealkylation sites (tertiary alicyclic amines) is 1. The number of alkyl halides is 4. The number of nitrogens with zero attached hydrogens (tertiary/aromatic N) is 1. The minimum atomic E-state index is -4.75. The molecule has 1 aromatic carbocycles. The zero-order chi connectivity index (χ0) is 23.2. The molecule has 5 nitrogen and oxygen atoms in total. The number of rotatable bonds is 11. The van der Waals surface area contributed by atoms with Crippen LogP contribution in [0.1, 0.15) is 63.9 Å². The molecular formula is C23H32F4N2O3. The van der Waals surface area contributed by atoms with E-state index in [1.54, 1.807) is 0 Å². The molecule has 0 bridgehead atoms. The van der Waals surface area contributed by atoms with Crippen molar-refractivity contribution in [3.05, 3.63) is 23.8 Å². The highest BCUT2D eigenvalue weighted by molar-refractivity contribution is 5.76. The molecule has 1 unspecified atom stereocenters. The summed E-state index contributed by atoms with van der Waals surface area (Å²) < 4.78 is 62.2. The number of benzene rings is 1. The van der Waals surface area contributed by atoms with Gasteiger partial charge < -0.3 is 19.7 Å². The van der Waals surface area contributed by atoms with Crippen molar-refractivity contribution in [2.24, 2.45) is 0 Å². The summed E-state index contributed by atoms with van der Waals surface area (Å²) >= 11 is 0. The van der Waals surface area contributed by atoms with Crippen LogP contribution in [-0.2, 0) is 11.2 Å². The largest absolute Gasteiger partial charge is 0.507 e. The zero-order valence-electron chi connectivity index (χ0n) is 18.5. The van der Waals surface area contributed by atoms with Crippen LogP contribution in [-0.4, -0.2) is 48.7 Å². The Morgan fingerprint density at radius 1 is 1.03 bits per heavy atom. The third-order valence-corrected chi connectivity index (χ3v) is 5.86. The summed E-state index contributed by atoms with van der Waals surface area (Å²) in [5.41, 5.74) is 0.598. The Morgan fingerprint density at radius 3 is 2.38 bits per heavy atom. The summed E-state index contributed by atoms with van der Waals surface area (Å²) in [6, 6.07) is 3.80. The maximum absolute atomic E-state index is 13.5. The average molecular weight is 461 g/mol. The van der Waals surface area contributed by atoms with Gasteiger partial charge in [0.1, 0.15) is 0 Å². The molecule has 1 amide bonds.